The zero-order valence-corrected chi connectivity index (χ0v) is 9.85. The molecule has 0 radical (unpaired) electrons. The van der Waals surface area contributed by atoms with Crippen LogP contribution in [0.25, 0.3) is 0 Å². The number of carbonyl (C=O) groups excluding carboxylic acids is 1. The third-order valence-electron chi connectivity index (χ3n) is 0.490. The summed E-state index contributed by atoms with van der Waals surface area (Å²) >= 11 is 1.58. The normalized spacial score (nSPS) is 10.8. The molecule has 1 aliphatic rings. The van der Waals surface area contributed by atoms with Gasteiger partial charge in [-0.3, -0.25) is 0 Å². The van der Waals surface area contributed by atoms with Gasteiger partial charge in [-0.2, -0.15) is 0 Å². The Hall–Kier alpha value is 0.0600. The molecule has 0 atom stereocenters. The van der Waals surface area contributed by atoms with Crippen LogP contribution in [0.4, 0.5) is 0 Å². The Kier molecular flexibility index (Phi) is 20.4. The van der Waals surface area contributed by atoms with Gasteiger partial charge in [-0.1, -0.05) is 6.08 Å². The molecular formula is C6H10NNaO3S. The average Bonchev–Trinajstić information content (AvgIpc) is 1.90. The largest absolute Gasteiger partial charge is 1.00 e. The summed E-state index contributed by atoms with van der Waals surface area (Å²) in [5, 5.41) is 10.9. The van der Waals surface area contributed by atoms with E-state index in [2.05, 4.69) is 4.72 Å². The summed E-state index contributed by atoms with van der Waals surface area (Å²) in [5.74, 6) is -1.08. The summed E-state index contributed by atoms with van der Waals surface area (Å²) in [4.78, 5) is 8.89. The van der Waals surface area contributed by atoms with E-state index in [4.69, 9.17) is 9.90 Å². The summed E-state index contributed by atoms with van der Waals surface area (Å²) in [6.07, 6.45) is 5.84. The Bertz CT molecular complexity index is 145. The van der Waals surface area contributed by atoms with E-state index in [-0.39, 0.29) is 35.0 Å². The van der Waals surface area contributed by atoms with Crippen LogP contribution in [-0.2, 0) is 4.79 Å². The van der Waals surface area contributed by atoms with E-state index >= 15 is 0 Å². The molecule has 0 saturated heterocycles. The Balaban J connectivity index is -0.000000124. The summed E-state index contributed by atoms with van der Waals surface area (Å²) in [7, 11) is 0. The van der Waals surface area contributed by atoms with E-state index in [0.717, 1.165) is 6.92 Å². The van der Waals surface area contributed by atoms with Gasteiger partial charge in [0.2, 0.25) is 0 Å². The Labute approximate surface area is 97.8 Å². The molecule has 0 aromatic heterocycles. The molecule has 0 aliphatic carbocycles. The van der Waals surface area contributed by atoms with Gasteiger partial charge in [0.25, 0.3) is 0 Å². The number of carboxylic acid groups (broad SMARTS) is 1. The number of carboxylic acids is 1. The maximum absolute atomic E-state index is 8.89. The van der Waals surface area contributed by atoms with Crippen molar-refractivity contribution in [1.29, 1.82) is 0 Å². The van der Waals surface area contributed by atoms with Crippen molar-refractivity contribution >= 4 is 17.9 Å². The second-order valence-corrected chi connectivity index (χ2v) is 2.16. The van der Waals surface area contributed by atoms with Gasteiger partial charge in [-0.15, -0.1) is 0 Å². The molecule has 0 bridgehead atoms. The van der Waals surface area contributed by atoms with Crippen LogP contribution in [0.2, 0.25) is 0 Å². The molecule has 3 N–H and O–H groups in total. The quantitative estimate of drug-likeness (QED) is 0.320. The van der Waals surface area contributed by atoms with Crippen molar-refractivity contribution in [1.82, 2.24) is 4.72 Å². The van der Waals surface area contributed by atoms with Gasteiger partial charge in [-0.25, -0.2) is 0 Å². The maximum Gasteiger partial charge on any atom is 1.00 e. The van der Waals surface area contributed by atoms with Gasteiger partial charge in [0.15, 0.2) is 0 Å². The monoisotopic (exact) mass is 199 g/mol. The predicted molar refractivity (Wildman–Crippen MR) is 43.3 cm³/mol. The molecule has 64 valence electrons. The topological polar surface area (TPSA) is 83.7 Å². The average molecular weight is 199 g/mol. The van der Waals surface area contributed by atoms with Gasteiger partial charge < -0.3 is 20.1 Å². The fourth-order valence-electron chi connectivity index (χ4n) is 0.258. The minimum Gasteiger partial charge on any atom is -0.550 e. The SMILES string of the molecule is C1=CNSC=C1.CC(=O)[O-].O.[Na+]. The standard InChI is InChI=1S/C4H5NS.C2H4O2.Na.H2O/c1-2-4-6-5-3-1;1-2(3)4;;/h1-5H;1H3,(H,3,4);;1H2/q;;+1;/p-1. The minimum atomic E-state index is -1.08. The molecule has 0 fully saturated rings. The molecule has 0 amide bonds. The summed E-state index contributed by atoms with van der Waals surface area (Å²) in [6, 6.07) is 0. The molecule has 4 nitrogen and oxygen atoms in total. The number of carbonyl (C=O) groups is 1. The first kappa shape index (κ1) is 18.0. The van der Waals surface area contributed by atoms with Gasteiger partial charge in [0, 0.05) is 12.2 Å². The summed E-state index contributed by atoms with van der Waals surface area (Å²) in [6.45, 7) is 0.972. The first-order valence-corrected chi connectivity index (χ1v) is 3.52. The number of nitrogens with one attached hydrogen (secondary N) is 1. The van der Waals surface area contributed by atoms with Crippen molar-refractivity contribution in [3.8, 4) is 0 Å². The number of allylic oxidation sites excluding steroid dienone is 2. The number of hydrogen-bond acceptors (Lipinski definition) is 4. The molecule has 1 heterocycles. The maximum atomic E-state index is 8.89. The van der Waals surface area contributed by atoms with Gasteiger partial charge in [0.1, 0.15) is 0 Å². The van der Waals surface area contributed by atoms with Crippen LogP contribution >= 0.6 is 11.9 Å². The van der Waals surface area contributed by atoms with Crippen molar-refractivity contribution < 1.29 is 44.9 Å². The first-order chi connectivity index (χ1) is 4.73. The van der Waals surface area contributed by atoms with E-state index in [0.29, 0.717) is 0 Å². The molecule has 0 unspecified atom stereocenters. The molecule has 0 aromatic carbocycles. The Morgan fingerprint density at radius 2 is 2.00 bits per heavy atom. The van der Waals surface area contributed by atoms with Crippen molar-refractivity contribution in [2.24, 2.45) is 0 Å². The fraction of sp³-hybridized carbons (Fsp3) is 0.167. The van der Waals surface area contributed by atoms with Crippen molar-refractivity contribution in [3.05, 3.63) is 23.8 Å². The molecule has 12 heavy (non-hydrogen) atoms. The Morgan fingerprint density at radius 1 is 1.50 bits per heavy atom. The van der Waals surface area contributed by atoms with Crippen LogP contribution in [0.15, 0.2) is 23.8 Å². The van der Waals surface area contributed by atoms with Crippen LogP contribution < -0.4 is 39.4 Å². The van der Waals surface area contributed by atoms with Crippen LogP contribution in [0, 0.1) is 0 Å². The van der Waals surface area contributed by atoms with Crippen LogP contribution in [0.1, 0.15) is 6.92 Å². The van der Waals surface area contributed by atoms with E-state index in [1.54, 1.807) is 11.9 Å². The smallest absolute Gasteiger partial charge is 0.550 e. The van der Waals surface area contributed by atoms with Crippen LogP contribution in [0.5, 0.6) is 0 Å². The number of hydrogen-bond donors (Lipinski definition) is 1. The molecule has 1 aliphatic heterocycles. The van der Waals surface area contributed by atoms with Gasteiger partial charge in [0.05, 0.1) is 0 Å². The fourth-order valence-corrected chi connectivity index (χ4v) is 0.663. The van der Waals surface area contributed by atoms with E-state index in [1.807, 2.05) is 23.8 Å². The second-order valence-electron chi connectivity index (χ2n) is 1.41. The van der Waals surface area contributed by atoms with Crippen molar-refractivity contribution in [3.63, 3.8) is 0 Å². The number of aliphatic carboxylic acids is 1. The van der Waals surface area contributed by atoms with E-state index < -0.39 is 5.97 Å². The molecule has 0 aromatic rings. The minimum absolute atomic E-state index is 0. The first-order valence-electron chi connectivity index (χ1n) is 2.64. The zero-order valence-electron chi connectivity index (χ0n) is 7.03. The molecule has 6 heteroatoms. The van der Waals surface area contributed by atoms with Crippen molar-refractivity contribution in [2.45, 2.75) is 6.92 Å². The summed E-state index contributed by atoms with van der Waals surface area (Å²) < 4.78 is 2.93. The molecule has 1 rings (SSSR count). The number of rotatable bonds is 0. The van der Waals surface area contributed by atoms with Gasteiger partial charge in [-0.05, 0) is 30.4 Å². The Morgan fingerprint density at radius 3 is 2.08 bits per heavy atom. The zero-order chi connectivity index (χ0) is 7.82. The van der Waals surface area contributed by atoms with E-state index in [9.17, 15) is 0 Å². The second kappa shape index (κ2) is 13.6. The molecular weight excluding hydrogens is 189 g/mol. The van der Waals surface area contributed by atoms with Crippen molar-refractivity contribution in [2.75, 3.05) is 0 Å². The van der Waals surface area contributed by atoms with E-state index in [1.165, 1.54) is 0 Å². The third-order valence-corrected chi connectivity index (χ3v) is 1.06. The van der Waals surface area contributed by atoms with Crippen LogP contribution in [-0.4, -0.2) is 11.4 Å². The predicted octanol–water partition coefficient (Wildman–Crippen LogP) is -3.80. The third kappa shape index (κ3) is 22.5. The van der Waals surface area contributed by atoms with Crippen LogP contribution in [0.3, 0.4) is 0 Å². The summed E-state index contributed by atoms with van der Waals surface area (Å²) in [5.41, 5.74) is 0. The molecule has 0 saturated carbocycles. The molecule has 0 spiro atoms. The van der Waals surface area contributed by atoms with Gasteiger partial charge >= 0.3 is 29.6 Å².